The first-order chi connectivity index (χ1) is 32.9. The fraction of sp³-hybridized carbons (Fsp3) is 0.306. The van der Waals surface area contributed by atoms with Crippen molar-refractivity contribution in [3.05, 3.63) is 174 Å². The molecule has 69 heavy (non-hydrogen) atoms. The van der Waals surface area contributed by atoms with Crippen LogP contribution in [-0.2, 0) is 19.7 Å². The summed E-state index contributed by atoms with van der Waals surface area (Å²) < 4.78 is 62.7. The van der Waals surface area contributed by atoms with Crippen LogP contribution in [0.3, 0.4) is 0 Å². The summed E-state index contributed by atoms with van der Waals surface area (Å²) >= 11 is 0. The molecule has 0 radical (unpaired) electrons. The van der Waals surface area contributed by atoms with Gasteiger partial charge in [-0.1, -0.05) is 54.6 Å². The number of nitrogens with one attached hydrogen (secondary N) is 2. The van der Waals surface area contributed by atoms with Gasteiger partial charge in [0.25, 0.3) is 23.6 Å². The monoisotopic (exact) mass is 954 g/mol. The van der Waals surface area contributed by atoms with E-state index < -0.39 is 93.4 Å². The Morgan fingerprint density at radius 1 is 0.696 bits per heavy atom. The van der Waals surface area contributed by atoms with E-state index in [1.54, 1.807) is 48.2 Å². The van der Waals surface area contributed by atoms with Crippen molar-refractivity contribution in [3.8, 4) is 11.5 Å². The van der Waals surface area contributed by atoms with Crippen molar-refractivity contribution in [2.24, 2.45) is 0 Å². The zero-order chi connectivity index (χ0) is 49.4. The van der Waals surface area contributed by atoms with Gasteiger partial charge in [0.1, 0.15) is 41.0 Å². The smallest absolute Gasteiger partial charge is 0.275 e. The van der Waals surface area contributed by atoms with Crippen molar-refractivity contribution in [2.75, 3.05) is 13.1 Å². The fourth-order valence-electron chi connectivity index (χ4n) is 8.82. The number of rotatable bonds is 9. The van der Waals surface area contributed by atoms with E-state index in [-0.39, 0.29) is 78.7 Å². The molecule has 5 aromatic rings. The first-order valence-electron chi connectivity index (χ1n) is 22.0. The normalized spacial score (nSPS) is 21.2. The summed E-state index contributed by atoms with van der Waals surface area (Å²) in [6.07, 6.45) is 4.80. The molecular formula is C49H46F4N6O10. The lowest BCUT2D eigenvalue weighted by molar-refractivity contribution is 0.0501. The van der Waals surface area contributed by atoms with Crippen molar-refractivity contribution >= 4 is 23.6 Å². The van der Waals surface area contributed by atoms with Crippen LogP contribution in [-0.4, -0.2) is 95.3 Å². The summed E-state index contributed by atoms with van der Waals surface area (Å²) in [7, 11) is 0. The molecule has 1 fully saturated rings. The van der Waals surface area contributed by atoms with Crippen LogP contribution in [0.2, 0.25) is 0 Å². The third-order valence-corrected chi connectivity index (χ3v) is 12.8. The van der Waals surface area contributed by atoms with Gasteiger partial charge in [-0.3, -0.25) is 28.8 Å². The molecule has 360 valence electrons. The van der Waals surface area contributed by atoms with Crippen molar-refractivity contribution in [2.45, 2.75) is 82.8 Å². The third-order valence-electron chi connectivity index (χ3n) is 12.8. The number of halogens is 4. The Morgan fingerprint density at radius 2 is 1.25 bits per heavy atom. The zero-order valence-corrected chi connectivity index (χ0v) is 37.1. The largest absolute Gasteiger partial charge is 0.503 e. The molecule has 0 unspecified atom stereocenters. The van der Waals surface area contributed by atoms with Crippen LogP contribution in [0.1, 0.15) is 97.2 Å². The molecule has 4 aliphatic rings. The summed E-state index contributed by atoms with van der Waals surface area (Å²) in [6, 6.07) is 13.0. The Labute approximate surface area is 390 Å². The molecule has 6 heterocycles. The van der Waals surface area contributed by atoms with Crippen LogP contribution < -0.4 is 26.2 Å². The average molecular weight is 955 g/mol. The Balaban J connectivity index is 0.000000190. The Kier molecular flexibility index (Phi) is 13.6. The van der Waals surface area contributed by atoms with E-state index in [4.69, 9.17) is 4.74 Å². The van der Waals surface area contributed by atoms with Gasteiger partial charge in [-0.2, -0.15) is 0 Å². The number of hydrogen-bond acceptors (Lipinski definition) is 10. The van der Waals surface area contributed by atoms with Crippen molar-refractivity contribution in [1.82, 2.24) is 29.6 Å². The quantitative estimate of drug-likeness (QED) is 0.105. The van der Waals surface area contributed by atoms with E-state index in [9.17, 15) is 61.6 Å². The highest BCUT2D eigenvalue weighted by atomic mass is 19.1. The number of amides is 4. The van der Waals surface area contributed by atoms with Gasteiger partial charge < -0.3 is 49.6 Å². The Bertz CT molecular complexity index is 3020. The second-order valence-corrected chi connectivity index (χ2v) is 17.2. The van der Waals surface area contributed by atoms with E-state index in [0.717, 1.165) is 23.9 Å². The van der Waals surface area contributed by atoms with Gasteiger partial charge in [0.15, 0.2) is 22.9 Å². The van der Waals surface area contributed by atoms with Gasteiger partial charge in [0.05, 0.1) is 24.3 Å². The summed E-state index contributed by atoms with van der Waals surface area (Å²) in [5.41, 5.74) is -2.19. The molecule has 1 saturated heterocycles. The standard InChI is InChI=1S/C28H25F2N3O5.C21H21F2N3O5/c1-16-7-10-23(34)22-14-32(16)28(37)24-26(38-15-17-5-3-2-4-6-17)25(35)20(13-33(22)24)27(36)31-12-18-8-9-19(29)11-21(18)30;1-10-2-5-16(27)15-9-25(10)21(31)17-19(29)18(28)13(8-26(15)17)20(30)24-7-11-3-4-12(22)6-14(11)23/h2-11,13,16,22-23,34H,12,14-15H2,1H3,(H,31,36);3-4,6,8,10,15-16,27,29H,2,5,7,9H2,1H3,(H,24,30)/t16-,22+,23-;10-,15+,16-/m00/s1. The molecule has 4 amide bonds. The molecule has 20 heteroatoms. The maximum absolute atomic E-state index is 14.1. The number of carbonyl (C=O) groups is 4. The number of nitrogens with zero attached hydrogens (tertiary/aromatic N) is 4. The van der Waals surface area contributed by atoms with Gasteiger partial charge >= 0.3 is 0 Å². The van der Waals surface area contributed by atoms with Crippen LogP contribution in [0.5, 0.6) is 11.5 Å². The van der Waals surface area contributed by atoms with E-state index in [0.29, 0.717) is 25.0 Å². The number of fused-ring (bicyclic) bond motifs is 8. The zero-order valence-electron chi connectivity index (χ0n) is 37.1. The summed E-state index contributed by atoms with van der Waals surface area (Å²) in [5.74, 6) is -7.14. The highest BCUT2D eigenvalue weighted by Crippen LogP contribution is 2.35. The fourth-order valence-corrected chi connectivity index (χ4v) is 8.82. The number of carbonyl (C=O) groups excluding carboxylic acids is 4. The van der Waals surface area contributed by atoms with Crippen molar-refractivity contribution in [3.63, 3.8) is 0 Å². The van der Waals surface area contributed by atoms with Gasteiger partial charge in [0, 0.05) is 73.9 Å². The van der Waals surface area contributed by atoms with Crippen molar-refractivity contribution in [1.29, 1.82) is 0 Å². The molecule has 0 spiro atoms. The second kappa shape index (κ2) is 19.6. The maximum atomic E-state index is 14.1. The molecule has 4 bridgehead atoms. The Morgan fingerprint density at radius 3 is 1.84 bits per heavy atom. The molecule has 6 atom stereocenters. The number of pyridine rings is 2. The lowest BCUT2D eigenvalue weighted by Gasteiger charge is -2.38. The minimum atomic E-state index is -1.04. The maximum Gasteiger partial charge on any atom is 0.275 e. The number of aliphatic hydroxyl groups is 2. The number of ether oxygens (including phenoxy) is 1. The summed E-state index contributed by atoms with van der Waals surface area (Å²) in [6.45, 7) is 3.31. The number of hydrogen-bond donors (Lipinski definition) is 5. The van der Waals surface area contributed by atoms with Gasteiger partial charge in [-0.15, -0.1) is 0 Å². The second-order valence-electron chi connectivity index (χ2n) is 17.2. The molecule has 2 aromatic heterocycles. The first kappa shape index (κ1) is 47.9. The summed E-state index contributed by atoms with van der Waals surface area (Å²) in [4.78, 5) is 81.4. The Hall–Kier alpha value is -7.58. The van der Waals surface area contributed by atoms with Gasteiger partial charge in [-0.25, -0.2) is 17.6 Å². The van der Waals surface area contributed by atoms with E-state index >= 15 is 0 Å². The highest BCUT2D eigenvalue weighted by Gasteiger charge is 2.43. The van der Waals surface area contributed by atoms with E-state index in [2.05, 4.69) is 10.6 Å². The molecule has 9 rings (SSSR count). The number of aromatic hydroxyl groups is 1. The number of aromatic nitrogens is 2. The predicted octanol–water partition coefficient (Wildman–Crippen LogP) is 4.25. The number of aliphatic hydroxyl groups excluding tert-OH is 2. The molecule has 16 nitrogen and oxygen atoms in total. The van der Waals surface area contributed by atoms with Gasteiger partial charge in [-0.05, 0) is 44.4 Å². The predicted molar refractivity (Wildman–Crippen MR) is 238 cm³/mol. The molecule has 4 aliphatic heterocycles. The molecule has 0 aliphatic carbocycles. The topological polar surface area (TPSA) is 213 Å². The molecule has 5 N–H and O–H groups in total. The van der Waals surface area contributed by atoms with Crippen molar-refractivity contribution < 1.29 is 56.8 Å². The summed E-state index contributed by atoms with van der Waals surface area (Å²) in [5, 5.41) is 36.7. The van der Waals surface area contributed by atoms with Crippen LogP contribution in [0.4, 0.5) is 17.6 Å². The van der Waals surface area contributed by atoms with E-state index in [1.807, 2.05) is 13.0 Å². The minimum Gasteiger partial charge on any atom is -0.503 e. The third kappa shape index (κ3) is 9.49. The van der Waals surface area contributed by atoms with Crippen LogP contribution in [0.15, 0.2) is 101 Å². The molecule has 0 saturated carbocycles. The highest BCUT2D eigenvalue weighted by molar-refractivity contribution is 6.00. The first-order valence-corrected chi connectivity index (χ1v) is 22.0. The van der Waals surface area contributed by atoms with Crippen LogP contribution in [0, 0.1) is 23.3 Å². The average Bonchev–Trinajstić information content (AvgIpc) is 3.54. The van der Waals surface area contributed by atoms with E-state index in [1.165, 1.54) is 32.4 Å². The number of benzene rings is 3. The molecule has 3 aromatic carbocycles. The lowest BCUT2D eigenvalue weighted by atomic mass is 10.0. The van der Waals surface area contributed by atoms with Gasteiger partial charge in [0.2, 0.25) is 10.9 Å². The molecular weight excluding hydrogens is 909 g/mol. The SMILES string of the molecule is C[C@H]1C=C[C@H](O)[C@H]2CN1C(=O)c1c(OCc3ccccc3)c(=O)c(C(=O)NCc3ccc(F)cc3F)cn12.C[C@H]1CC[C@H](O)[C@H]2CN1C(=O)c1c(O)c(=O)c(C(=O)NCc3ccc(F)cc3F)cn12. The van der Waals surface area contributed by atoms with Crippen LogP contribution in [0.25, 0.3) is 0 Å². The van der Waals surface area contributed by atoms with Crippen LogP contribution >= 0.6 is 0 Å². The lowest BCUT2D eigenvalue weighted by Crippen LogP contribution is -2.49. The minimum absolute atomic E-state index is 0.0102.